The highest BCUT2D eigenvalue weighted by molar-refractivity contribution is 5.85. The van der Waals surface area contributed by atoms with Crippen molar-refractivity contribution in [3.8, 4) is 17.6 Å². The number of nitrogens with zero attached hydrogens (tertiary/aromatic N) is 1. The van der Waals surface area contributed by atoms with Gasteiger partial charge in [-0.05, 0) is 17.7 Å². The number of nitriles is 1. The van der Waals surface area contributed by atoms with E-state index in [1.54, 1.807) is 20.3 Å². The van der Waals surface area contributed by atoms with E-state index < -0.39 is 0 Å². The maximum atomic E-state index is 9.01. The summed E-state index contributed by atoms with van der Waals surface area (Å²) in [5, 5.41) is 9.01. The summed E-state index contributed by atoms with van der Waals surface area (Å²) in [6, 6.07) is 5.78. The largest absolute Gasteiger partial charge is 0.493 e. The number of fused-ring (bicyclic) bond motifs is 1. The lowest BCUT2D eigenvalue weighted by molar-refractivity contribution is 0.354. The molecule has 0 bridgehead atoms. The molecule has 0 radical (unpaired) electrons. The molecule has 4 nitrogen and oxygen atoms in total. The molecular weight excluding hydrogens is 204 g/mol. The van der Waals surface area contributed by atoms with Gasteiger partial charge in [0.2, 0.25) is 0 Å². The van der Waals surface area contributed by atoms with Gasteiger partial charge in [-0.1, -0.05) is 0 Å². The van der Waals surface area contributed by atoms with Crippen LogP contribution in [-0.4, -0.2) is 14.2 Å². The van der Waals surface area contributed by atoms with Crippen molar-refractivity contribution in [3.63, 3.8) is 0 Å². The van der Waals surface area contributed by atoms with Gasteiger partial charge in [0.1, 0.15) is 6.07 Å². The molecule has 0 fully saturated rings. The van der Waals surface area contributed by atoms with Gasteiger partial charge in [-0.3, -0.25) is 0 Å². The summed E-state index contributed by atoms with van der Waals surface area (Å²) in [5.41, 5.74) is 8.79. The molecule has 4 heteroatoms. The van der Waals surface area contributed by atoms with Crippen molar-refractivity contribution in [1.82, 2.24) is 0 Å². The third kappa shape index (κ3) is 1.38. The van der Waals surface area contributed by atoms with Crippen LogP contribution >= 0.6 is 0 Å². The summed E-state index contributed by atoms with van der Waals surface area (Å²) in [6.07, 6.45) is 0.596. The first-order valence-electron chi connectivity index (χ1n) is 4.85. The second kappa shape index (κ2) is 3.78. The average molecular weight is 216 g/mol. The minimum Gasteiger partial charge on any atom is -0.493 e. The third-order valence-electron chi connectivity index (χ3n) is 2.69. The van der Waals surface area contributed by atoms with E-state index in [2.05, 4.69) is 6.07 Å². The van der Waals surface area contributed by atoms with Gasteiger partial charge in [0.15, 0.2) is 11.5 Å². The number of hydrogen-bond donors (Lipinski definition) is 1. The highest BCUT2D eigenvalue weighted by Gasteiger charge is 2.22. The van der Waals surface area contributed by atoms with Crippen LogP contribution in [0.2, 0.25) is 0 Å². The van der Waals surface area contributed by atoms with Gasteiger partial charge in [-0.2, -0.15) is 5.26 Å². The molecule has 82 valence electrons. The van der Waals surface area contributed by atoms with Gasteiger partial charge in [0, 0.05) is 17.7 Å². The van der Waals surface area contributed by atoms with Gasteiger partial charge in [-0.25, -0.2) is 0 Å². The summed E-state index contributed by atoms with van der Waals surface area (Å²) < 4.78 is 10.4. The smallest absolute Gasteiger partial charge is 0.161 e. The first kappa shape index (κ1) is 10.4. The molecule has 2 N–H and O–H groups in total. The predicted octanol–water partition coefficient (Wildman–Crippen LogP) is 1.45. The SMILES string of the molecule is COc1cc2c(cc1OC)C(C#N)=C(N)C2. The van der Waals surface area contributed by atoms with Crippen molar-refractivity contribution in [3.05, 3.63) is 29.0 Å². The Hall–Kier alpha value is -2.15. The quantitative estimate of drug-likeness (QED) is 0.812. The standard InChI is InChI=1S/C12H12N2O2/c1-15-11-4-7-3-10(14)9(6-13)8(7)5-12(11)16-2/h4-5H,3,14H2,1-2H3. The van der Waals surface area contributed by atoms with Gasteiger partial charge in [0.25, 0.3) is 0 Å². The second-order valence-electron chi connectivity index (χ2n) is 3.55. The number of nitrogens with two attached hydrogens (primary N) is 1. The Morgan fingerprint density at radius 2 is 1.88 bits per heavy atom. The molecule has 0 spiro atoms. The lowest BCUT2D eigenvalue weighted by Crippen LogP contribution is -1.97. The number of rotatable bonds is 2. The number of ether oxygens (including phenoxy) is 2. The minimum atomic E-state index is 0.538. The molecule has 1 aromatic carbocycles. The molecule has 1 aliphatic carbocycles. The summed E-state index contributed by atoms with van der Waals surface area (Å²) >= 11 is 0. The van der Waals surface area contributed by atoms with E-state index in [0.717, 1.165) is 11.1 Å². The van der Waals surface area contributed by atoms with Gasteiger partial charge in [-0.15, -0.1) is 0 Å². The van der Waals surface area contributed by atoms with E-state index in [1.807, 2.05) is 6.07 Å². The Labute approximate surface area is 93.9 Å². The van der Waals surface area contributed by atoms with Crippen LogP contribution in [0.3, 0.4) is 0 Å². The molecule has 0 unspecified atom stereocenters. The number of hydrogen-bond acceptors (Lipinski definition) is 4. The Balaban J connectivity index is 2.59. The zero-order valence-electron chi connectivity index (χ0n) is 9.20. The van der Waals surface area contributed by atoms with Crippen molar-refractivity contribution >= 4 is 5.57 Å². The molecular formula is C12H12N2O2. The Morgan fingerprint density at radius 1 is 1.25 bits per heavy atom. The number of benzene rings is 1. The van der Waals surface area contributed by atoms with Crippen LogP contribution < -0.4 is 15.2 Å². The average Bonchev–Trinajstić information content (AvgIpc) is 2.61. The first-order valence-corrected chi connectivity index (χ1v) is 4.85. The predicted molar refractivity (Wildman–Crippen MR) is 60.0 cm³/mol. The molecule has 0 atom stereocenters. The van der Waals surface area contributed by atoms with Crippen LogP contribution in [0, 0.1) is 11.3 Å². The van der Waals surface area contributed by atoms with E-state index in [9.17, 15) is 0 Å². The molecule has 0 amide bonds. The van der Waals surface area contributed by atoms with E-state index in [-0.39, 0.29) is 0 Å². The highest BCUT2D eigenvalue weighted by Crippen LogP contribution is 2.38. The monoisotopic (exact) mass is 216 g/mol. The molecule has 0 aromatic heterocycles. The molecule has 0 saturated heterocycles. The van der Waals surface area contributed by atoms with Gasteiger partial charge >= 0.3 is 0 Å². The number of allylic oxidation sites excluding steroid dienone is 2. The Morgan fingerprint density at radius 3 is 2.44 bits per heavy atom. The molecule has 0 heterocycles. The van der Waals surface area contributed by atoms with E-state index in [4.69, 9.17) is 20.5 Å². The molecule has 16 heavy (non-hydrogen) atoms. The van der Waals surface area contributed by atoms with Crippen LogP contribution in [0.25, 0.3) is 5.57 Å². The summed E-state index contributed by atoms with van der Waals surface area (Å²) in [4.78, 5) is 0. The molecule has 2 rings (SSSR count). The summed E-state index contributed by atoms with van der Waals surface area (Å²) in [6.45, 7) is 0. The minimum absolute atomic E-state index is 0.538. The lowest BCUT2D eigenvalue weighted by Gasteiger charge is -2.10. The van der Waals surface area contributed by atoms with Gasteiger partial charge < -0.3 is 15.2 Å². The van der Waals surface area contributed by atoms with Crippen molar-refractivity contribution in [2.45, 2.75) is 6.42 Å². The second-order valence-corrected chi connectivity index (χ2v) is 3.55. The Bertz CT molecular complexity index is 512. The summed E-state index contributed by atoms with van der Waals surface area (Å²) in [7, 11) is 3.15. The van der Waals surface area contributed by atoms with Crippen LogP contribution in [0.4, 0.5) is 0 Å². The normalized spacial score (nSPS) is 13.3. The summed E-state index contributed by atoms with van der Waals surface area (Å²) in [5.74, 6) is 1.27. The third-order valence-corrected chi connectivity index (χ3v) is 2.69. The Kier molecular flexibility index (Phi) is 2.45. The maximum absolute atomic E-state index is 9.01. The fourth-order valence-corrected chi connectivity index (χ4v) is 1.90. The van der Waals surface area contributed by atoms with E-state index >= 15 is 0 Å². The van der Waals surface area contributed by atoms with Crippen molar-refractivity contribution in [2.24, 2.45) is 5.73 Å². The molecule has 1 aliphatic rings. The van der Waals surface area contributed by atoms with Crippen molar-refractivity contribution in [2.75, 3.05) is 14.2 Å². The van der Waals surface area contributed by atoms with Crippen LogP contribution in [0.1, 0.15) is 11.1 Å². The van der Waals surface area contributed by atoms with Crippen LogP contribution in [-0.2, 0) is 6.42 Å². The van der Waals surface area contributed by atoms with E-state index in [0.29, 0.717) is 29.2 Å². The fraction of sp³-hybridized carbons (Fsp3) is 0.250. The first-order chi connectivity index (χ1) is 7.71. The molecule has 0 saturated carbocycles. The molecule has 1 aromatic rings. The topological polar surface area (TPSA) is 68.3 Å². The zero-order chi connectivity index (χ0) is 11.7. The van der Waals surface area contributed by atoms with E-state index in [1.165, 1.54) is 0 Å². The fourth-order valence-electron chi connectivity index (χ4n) is 1.90. The lowest BCUT2D eigenvalue weighted by atomic mass is 10.1. The maximum Gasteiger partial charge on any atom is 0.161 e. The molecule has 0 aliphatic heterocycles. The number of methoxy groups -OCH3 is 2. The van der Waals surface area contributed by atoms with Crippen molar-refractivity contribution in [1.29, 1.82) is 5.26 Å². The van der Waals surface area contributed by atoms with Crippen LogP contribution in [0.5, 0.6) is 11.5 Å². The highest BCUT2D eigenvalue weighted by atomic mass is 16.5. The van der Waals surface area contributed by atoms with Crippen LogP contribution in [0.15, 0.2) is 17.8 Å². The zero-order valence-corrected chi connectivity index (χ0v) is 9.20. The van der Waals surface area contributed by atoms with Gasteiger partial charge in [0.05, 0.1) is 19.8 Å². The van der Waals surface area contributed by atoms with Crippen molar-refractivity contribution < 1.29 is 9.47 Å².